The number of benzene rings is 1. The minimum Gasteiger partial charge on any atom is -0.492 e. The summed E-state index contributed by atoms with van der Waals surface area (Å²) >= 11 is 12.2. The van der Waals surface area contributed by atoms with Crippen LogP contribution >= 0.6 is 23.2 Å². The monoisotopic (exact) mass is 332 g/mol. The maximum absolute atomic E-state index is 11.2. The number of hydrogen-bond acceptors (Lipinski definition) is 3. The zero-order valence-corrected chi connectivity index (χ0v) is 14.0. The van der Waals surface area contributed by atoms with Crippen molar-refractivity contribution in [3.05, 3.63) is 27.7 Å². The van der Waals surface area contributed by atoms with Crippen LogP contribution in [0.5, 0.6) is 5.75 Å². The number of carbonyl (C=O) groups is 1. The van der Waals surface area contributed by atoms with E-state index in [0.29, 0.717) is 41.8 Å². The average Bonchev–Trinajstić information content (AvgIpc) is 2.45. The molecular weight excluding hydrogens is 311 g/mol. The largest absolute Gasteiger partial charge is 0.492 e. The van der Waals surface area contributed by atoms with Gasteiger partial charge in [-0.2, -0.15) is 0 Å². The fourth-order valence-corrected chi connectivity index (χ4v) is 2.43. The Morgan fingerprint density at radius 3 is 2.76 bits per heavy atom. The van der Waals surface area contributed by atoms with Gasteiger partial charge in [-0.3, -0.25) is 4.79 Å². The van der Waals surface area contributed by atoms with Crippen molar-refractivity contribution in [3.8, 4) is 5.75 Å². The zero-order chi connectivity index (χ0) is 15.7. The van der Waals surface area contributed by atoms with Crippen LogP contribution in [0.15, 0.2) is 12.1 Å². The molecule has 0 saturated heterocycles. The van der Waals surface area contributed by atoms with Gasteiger partial charge in [0.25, 0.3) is 0 Å². The number of carbonyl (C=O) groups excluding carboxylic acids is 1. The second-order valence-corrected chi connectivity index (χ2v) is 5.52. The van der Waals surface area contributed by atoms with Crippen molar-refractivity contribution in [2.45, 2.75) is 32.7 Å². The molecule has 4 nitrogen and oxygen atoms in total. The molecule has 0 fully saturated rings. The lowest BCUT2D eigenvalue weighted by molar-refractivity contribution is -0.120. The van der Waals surface area contributed by atoms with E-state index in [2.05, 4.69) is 17.6 Å². The number of halogens is 2. The Hall–Kier alpha value is -0.970. The summed E-state index contributed by atoms with van der Waals surface area (Å²) in [6, 6.07) is 3.52. The van der Waals surface area contributed by atoms with Gasteiger partial charge in [-0.25, -0.2) is 0 Å². The zero-order valence-electron chi connectivity index (χ0n) is 12.5. The van der Waals surface area contributed by atoms with Gasteiger partial charge in [0.1, 0.15) is 5.75 Å². The molecule has 1 rings (SSSR count). The molecule has 0 unspecified atom stereocenters. The lowest BCUT2D eigenvalue weighted by Gasteiger charge is -2.14. The van der Waals surface area contributed by atoms with Crippen molar-refractivity contribution < 1.29 is 9.53 Å². The molecule has 0 radical (unpaired) electrons. The standard InChI is InChI=1S/C15H22Cl2N2O2/c1-3-6-19-10-11-8-12(16)9-13(17)15(11)21-7-4-5-14(20)18-2/h8-9,19H,3-7,10H2,1-2H3,(H,18,20). The van der Waals surface area contributed by atoms with E-state index in [4.69, 9.17) is 27.9 Å². The second-order valence-electron chi connectivity index (χ2n) is 4.68. The number of hydrogen-bond donors (Lipinski definition) is 2. The van der Waals surface area contributed by atoms with Crippen molar-refractivity contribution >= 4 is 29.1 Å². The predicted octanol–water partition coefficient (Wildman–Crippen LogP) is 3.40. The summed E-state index contributed by atoms with van der Waals surface area (Å²) in [5.74, 6) is 0.646. The first-order valence-electron chi connectivity index (χ1n) is 7.10. The van der Waals surface area contributed by atoms with Gasteiger partial charge >= 0.3 is 0 Å². The molecule has 0 bridgehead atoms. The Bertz CT molecular complexity index is 467. The highest BCUT2D eigenvalue weighted by atomic mass is 35.5. The second kappa shape index (κ2) is 9.87. The third-order valence-corrected chi connectivity index (χ3v) is 3.40. The molecule has 0 heterocycles. The summed E-state index contributed by atoms with van der Waals surface area (Å²) in [6.07, 6.45) is 2.13. The molecule has 0 aliphatic rings. The Morgan fingerprint density at radius 2 is 2.10 bits per heavy atom. The van der Waals surface area contributed by atoms with Gasteiger partial charge in [-0.15, -0.1) is 0 Å². The first-order chi connectivity index (χ1) is 10.1. The smallest absolute Gasteiger partial charge is 0.219 e. The first kappa shape index (κ1) is 18.1. The van der Waals surface area contributed by atoms with Crippen LogP contribution in [0.2, 0.25) is 10.0 Å². The first-order valence-corrected chi connectivity index (χ1v) is 7.86. The van der Waals surface area contributed by atoms with Crippen molar-refractivity contribution in [3.63, 3.8) is 0 Å². The summed E-state index contributed by atoms with van der Waals surface area (Å²) in [7, 11) is 1.62. The van der Waals surface area contributed by atoms with E-state index < -0.39 is 0 Å². The molecule has 0 aliphatic carbocycles. The van der Waals surface area contributed by atoms with Crippen LogP contribution in [0.3, 0.4) is 0 Å². The number of amides is 1. The molecule has 0 atom stereocenters. The van der Waals surface area contributed by atoms with E-state index in [1.165, 1.54) is 0 Å². The fraction of sp³-hybridized carbons (Fsp3) is 0.533. The summed E-state index contributed by atoms with van der Waals surface area (Å²) in [4.78, 5) is 11.2. The molecule has 1 aromatic carbocycles. The SMILES string of the molecule is CCCNCc1cc(Cl)cc(Cl)c1OCCCC(=O)NC. The van der Waals surface area contributed by atoms with E-state index in [9.17, 15) is 4.79 Å². The molecule has 6 heteroatoms. The van der Waals surface area contributed by atoms with Gasteiger partial charge in [-0.05, 0) is 31.5 Å². The van der Waals surface area contributed by atoms with Gasteiger partial charge in [0.2, 0.25) is 5.91 Å². The van der Waals surface area contributed by atoms with Crippen molar-refractivity contribution in [2.24, 2.45) is 0 Å². The van der Waals surface area contributed by atoms with Crippen LogP contribution in [0.1, 0.15) is 31.7 Å². The number of ether oxygens (including phenoxy) is 1. The van der Waals surface area contributed by atoms with Crippen LogP contribution in [0.4, 0.5) is 0 Å². The van der Waals surface area contributed by atoms with Crippen LogP contribution in [0, 0.1) is 0 Å². The summed E-state index contributed by atoms with van der Waals surface area (Å²) in [5.41, 5.74) is 0.931. The van der Waals surface area contributed by atoms with E-state index in [-0.39, 0.29) is 5.91 Å². The lowest BCUT2D eigenvalue weighted by Crippen LogP contribution is -2.18. The maximum atomic E-state index is 11.2. The Kier molecular flexibility index (Phi) is 8.50. The van der Waals surface area contributed by atoms with Gasteiger partial charge in [-0.1, -0.05) is 30.1 Å². The van der Waals surface area contributed by atoms with Crippen molar-refractivity contribution in [1.82, 2.24) is 10.6 Å². The minimum absolute atomic E-state index is 0.00522. The van der Waals surface area contributed by atoms with E-state index in [0.717, 1.165) is 18.5 Å². The molecule has 1 amide bonds. The molecule has 0 saturated carbocycles. The fourth-order valence-electron chi connectivity index (χ4n) is 1.84. The minimum atomic E-state index is 0.00522. The molecule has 0 aromatic heterocycles. The normalized spacial score (nSPS) is 10.5. The molecule has 0 aliphatic heterocycles. The molecule has 0 spiro atoms. The third-order valence-electron chi connectivity index (χ3n) is 2.90. The summed E-state index contributed by atoms with van der Waals surface area (Å²) < 4.78 is 5.74. The van der Waals surface area contributed by atoms with Crippen LogP contribution in [-0.4, -0.2) is 26.1 Å². The van der Waals surface area contributed by atoms with Gasteiger partial charge in [0.15, 0.2) is 0 Å². The number of rotatable bonds is 9. The maximum Gasteiger partial charge on any atom is 0.219 e. The molecule has 2 N–H and O–H groups in total. The highest BCUT2D eigenvalue weighted by Crippen LogP contribution is 2.32. The van der Waals surface area contributed by atoms with E-state index in [1.807, 2.05) is 6.07 Å². The Morgan fingerprint density at radius 1 is 1.33 bits per heavy atom. The highest BCUT2D eigenvalue weighted by Gasteiger charge is 2.11. The lowest BCUT2D eigenvalue weighted by atomic mass is 10.2. The predicted molar refractivity (Wildman–Crippen MR) is 87.3 cm³/mol. The topological polar surface area (TPSA) is 50.4 Å². The molecular formula is C15H22Cl2N2O2. The van der Waals surface area contributed by atoms with Crippen LogP contribution in [0.25, 0.3) is 0 Å². The van der Waals surface area contributed by atoms with Crippen molar-refractivity contribution in [1.29, 1.82) is 0 Å². The van der Waals surface area contributed by atoms with Crippen molar-refractivity contribution in [2.75, 3.05) is 20.2 Å². The molecule has 21 heavy (non-hydrogen) atoms. The van der Waals surface area contributed by atoms with Crippen LogP contribution in [-0.2, 0) is 11.3 Å². The van der Waals surface area contributed by atoms with Gasteiger partial charge in [0, 0.05) is 30.6 Å². The summed E-state index contributed by atoms with van der Waals surface area (Å²) in [6.45, 7) is 4.11. The Labute approximate surface area is 136 Å². The highest BCUT2D eigenvalue weighted by molar-refractivity contribution is 6.35. The third kappa shape index (κ3) is 6.55. The van der Waals surface area contributed by atoms with Gasteiger partial charge < -0.3 is 15.4 Å². The summed E-state index contributed by atoms with van der Waals surface area (Å²) in [5, 5.41) is 6.97. The average molecular weight is 333 g/mol. The molecule has 1 aromatic rings. The quantitative estimate of drug-likeness (QED) is 0.681. The van der Waals surface area contributed by atoms with Crippen LogP contribution < -0.4 is 15.4 Å². The number of nitrogens with one attached hydrogen (secondary N) is 2. The van der Waals surface area contributed by atoms with Gasteiger partial charge in [0.05, 0.1) is 11.6 Å². The van der Waals surface area contributed by atoms with E-state index in [1.54, 1.807) is 13.1 Å². The Balaban J connectivity index is 2.63. The van der Waals surface area contributed by atoms with E-state index >= 15 is 0 Å². The molecule has 118 valence electrons.